The van der Waals surface area contributed by atoms with Crippen molar-refractivity contribution < 1.29 is 19.1 Å². The van der Waals surface area contributed by atoms with Crippen molar-refractivity contribution in [3.63, 3.8) is 0 Å². The first-order chi connectivity index (χ1) is 9.81. The molecule has 1 aliphatic carbocycles. The van der Waals surface area contributed by atoms with E-state index >= 15 is 0 Å². The van der Waals surface area contributed by atoms with Gasteiger partial charge in [-0.2, -0.15) is 0 Å². The van der Waals surface area contributed by atoms with E-state index in [0.717, 1.165) is 11.1 Å². The Kier molecular flexibility index (Phi) is 4.21. The highest BCUT2D eigenvalue weighted by Gasteiger charge is 2.30. The van der Waals surface area contributed by atoms with Crippen LogP contribution < -0.4 is 0 Å². The lowest BCUT2D eigenvalue weighted by Gasteiger charge is -2.28. The number of carbonyl (C=O) groups excluding carboxylic acids is 2. The fourth-order valence-electron chi connectivity index (χ4n) is 2.25. The van der Waals surface area contributed by atoms with Gasteiger partial charge in [0, 0.05) is 6.20 Å². The molecule has 5 nitrogen and oxygen atoms in total. The van der Waals surface area contributed by atoms with E-state index in [1.54, 1.807) is 13.1 Å². The summed E-state index contributed by atoms with van der Waals surface area (Å²) >= 11 is 0. The lowest BCUT2D eigenvalue weighted by molar-refractivity contribution is -0.138. The predicted molar refractivity (Wildman–Crippen MR) is 78.4 cm³/mol. The Labute approximate surface area is 124 Å². The van der Waals surface area contributed by atoms with Gasteiger partial charge in [0.25, 0.3) is 0 Å². The lowest BCUT2D eigenvalue weighted by atomic mass is 10.0. The molecule has 21 heavy (non-hydrogen) atoms. The highest BCUT2D eigenvalue weighted by molar-refractivity contribution is 5.95. The second kappa shape index (κ2) is 5.76. The number of amides is 1. The summed E-state index contributed by atoms with van der Waals surface area (Å²) in [5.74, 6) is -0.332. The van der Waals surface area contributed by atoms with Crippen LogP contribution in [0.4, 0.5) is 4.79 Å². The van der Waals surface area contributed by atoms with Crippen LogP contribution in [-0.2, 0) is 14.3 Å². The van der Waals surface area contributed by atoms with Crippen molar-refractivity contribution in [2.24, 2.45) is 0 Å². The van der Waals surface area contributed by atoms with Gasteiger partial charge < -0.3 is 9.47 Å². The summed E-state index contributed by atoms with van der Waals surface area (Å²) in [6.45, 7) is 7.92. The highest BCUT2D eigenvalue weighted by atomic mass is 16.6. The van der Waals surface area contributed by atoms with Gasteiger partial charge in [-0.3, -0.25) is 4.90 Å². The zero-order chi connectivity index (χ0) is 15.6. The standard InChI is InChI=1S/C16H21NO4/c1-5-20-14(18)12-7-6-11-8-9-17(10-13(11)12)15(19)21-16(2,3)4/h7-9H,5-6,10H2,1-4H3. The van der Waals surface area contributed by atoms with Gasteiger partial charge in [0.05, 0.1) is 18.7 Å². The van der Waals surface area contributed by atoms with Gasteiger partial charge in [0.2, 0.25) is 0 Å². The summed E-state index contributed by atoms with van der Waals surface area (Å²) in [4.78, 5) is 25.5. The Morgan fingerprint density at radius 3 is 2.67 bits per heavy atom. The van der Waals surface area contributed by atoms with E-state index in [1.807, 2.05) is 32.9 Å². The number of nitrogens with zero attached hydrogens (tertiary/aromatic N) is 1. The molecule has 114 valence electrons. The third-order valence-corrected chi connectivity index (χ3v) is 3.15. The molecule has 0 bridgehead atoms. The van der Waals surface area contributed by atoms with Gasteiger partial charge in [0.15, 0.2) is 0 Å². The fraction of sp³-hybridized carbons (Fsp3) is 0.500. The summed E-state index contributed by atoms with van der Waals surface area (Å²) in [6, 6.07) is 0. The van der Waals surface area contributed by atoms with E-state index in [-0.39, 0.29) is 5.97 Å². The van der Waals surface area contributed by atoms with E-state index in [0.29, 0.717) is 25.1 Å². The van der Waals surface area contributed by atoms with Crippen molar-refractivity contribution in [3.8, 4) is 0 Å². The number of rotatable bonds is 2. The van der Waals surface area contributed by atoms with Gasteiger partial charge in [-0.05, 0) is 51.3 Å². The molecule has 0 aromatic heterocycles. The zero-order valence-electron chi connectivity index (χ0n) is 12.9. The molecule has 0 atom stereocenters. The summed E-state index contributed by atoms with van der Waals surface area (Å²) in [5, 5.41) is 0. The monoisotopic (exact) mass is 291 g/mol. The topological polar surface area (TPSA) is 55.8 Å². The Bertz CT molecular complexity index is 549. The fourth-order valence-corrected chi connectivity index (χ4v) is 2.25. The molecule has 1 heterocycles. The molecule has 0 spiro atoms. The number of ether oxygens (including phenoxy) is 2. The van der Waals surface area contributed by atoms with Crippen molar-refractivity contribution in [1.29, 1.82) is 0 Å². The SMILES string of the molecule is CCOC(=O)C1=CCC2=C1CN(C(=O)OC(C)(C)C)C=C2. The van der Waals surface area contributed by atoms with Gasteiger partial charge in [-0.1, -0.05) is 6.08 Å². The van der Waals surface area contributed by atoms with Gasteiger partial charge in [-0.25, -0.2) is 9.59 Å². The minimum Gasteiger partial charge on any atom is -0.462 e. The molecule has 2 rings (SSSR count). The van der Waals surface area contributed by atoms with Crippen molar-refractivity contribution in [1.82, 2.24) is 4.90 Å². The molecule has 0 unspecified atom stereocenters. The summed E-state index contributed by atoms with van der Waals surface area (Å²) in [6.07, 6.45) is 5.69. The van der Waals surface area contributed by atoms with Gasteiger partial charge >= 0.3 is 12.1 Å². The van der Waals surface area contributed by atoms with Crippen LogP contribution in [0.15, 0.2) is 35.1 Å². The molecule has 0 saturated carbocycles. The molecular weight excluding hydrogens is 270 g/mol. The van der Waals surface area contributed by atoms with Crippen molar-refractivity contribution in [2.45, 2.75) is 39.7 Å². The van der Waals surface area contributed by atoms with Crippen LogP contribution in [-0.4, -0.2) is 35.7 Å². The average molecular weight is 291 g/mol. The minimum atomic E-state index is -0.547. The number of carbonyl (C=O) groups is 2. The highest BCUT2D eigenvalue weighted by Crippen LogP contribution is 2.32. The second-order valence-corrected chi connectivity index (χ2v) is 5.97. The van der Waals surface area contributed by atoms with Crippen LogP contribution in [0.2, 0.25) is 0 Å². The van der Waals surface area contributed by atoms with Crippen LogP contribution in [0.3, 0.4) is 0 Å². The minimum absolute atomic E-state index is 0.332. The maximum atomic E-state index is 12.1. The Balaban J connectivity index is 2.09. The first-order valence-electron chi connectivity index (χ1n) is 7.09. The normalized spacial score (nSPS) is 17.5. The molecule has 2 aliphatic rings. The molecule has 0 saturated heterocycles. The van der Waals surface area contributed by atoms with Crippen LogP contribution in [0.1, 0.15) is 34.1 Å². The Morgan fingerprint density at radius 1 is 1.33 bits per heavy atom. The molecular formula is C16H21NO4. The van der Waals surface area contributed by atoms with E-state index in [1.165, 1.54) is 4.90 Å². The maximum absolute atomic E-state index is 12.1. The third-order valence-electron chi connectivity index (χ3n) is 3.15. The van der Waals surface area contributed by atoms with Gasteiger partial charge in [0.1, 0.15) is 5.60 Å². The van der Waals surface area contributed by atoms with Crippen LogP contribution in [0, 0.1) is 0 Å². The first kappa shape index (κ1) is 15.4. The smallest absolute Gasteiger partial charge is 0.414 e. The predicted octanol–water partition coefficient (Wildman–Crippen LogP) is 2.94. The second-order valence-electron chi connectivity index (χ2n) is 5.97. The van der Waals surface area contributed by atoms with Crippen LogP contribution in [0.25, 0.3) is 0 Å². The molecule has 0 aromatic carbocycles. The average Bonchev–Trinajstić information content (AvgIpc) is 2.79. The van der Waals surface area contributed by atoms with E-state index in [2.05, 4.69) is 0 Å². The lowest BCUT2D eigenvalue weighted by Crippen LogP contribution is -2.36. The van der Waals surface area contributed by atoms with Crippen molar-refractivity contribution in [3.05, 3.63) is 35.1 Å². The summed E-state index contributed by atoms with van der Waals surface area (Å²) in [7, 11) is 0. The largest absolute Gasteiger partial charge is 0.462 e. The molecule has 0 fully saturated rings. The third kappa shape index (κ3) is 3.54. The molecule has 0 aromatic rings. The number of hydrogen-bond acceptors (Lipinski definition) is 4. The number of hydrogen-bond donors (Lipinski definition) is 0. The number of esters is 1. The molecule has 0 N–H and O–H groups in total. The Morgan fingerprint density at radius 2 is 2.05 bits per heavy atom. The Hall–Kier alpha value is -2.04. The molecule has 1 aliphatic heterocycles. The first-order valence-corrected chi connectivity index (χ1v) is 7.09. The molecule has 5 heteroatoms. The zero-order valence-corrected chi connectivity index (χ0v) is 12.9. The van der Waals surface area contributed by atoms with E-state index in [4.69, 9.17) is 9.47 Å². The van der Waals surface area contributed by atoms with Gasteiger partial charge in [-0.15, -0.1) is 0 Å². The summed E-state index contributed by atoms with van der Waals surface area (Å²) in [5.41, 5.74) is 1.92. The van der Waals surface area contributed by atoms with Crippen LogP contribution >= 0.6 is 0 Å². The van der Waals surface area contributed by atoms with E-state index in [9.17, 15) is 9.59 Å². The van der Waals surface area contributed by atoms with Crippen LogP contribution in [0.5, 0.6) is 0 Å². The summed E-state index contributed by atoms with van der Waals surface area (Å²) < 4.78 is 10.4. The maximum Gasteiger partial charge on any atom is 0.414 e. The van der Waals surface area contributed by atoms with Crippen molar-refractivity contribution >= 4 is 12.1 Å². The molecule has 1 amide bonds. The van der Waals surface area contributed by atoms with E-state index < -0.39 is 11.7 Å². The van der Waals surface area contributed by atoms with Crippen molar-refractivity contribution in [2.75, 3.05) is 13.2 Å². The number of allylic oxidation sites excluding steroid dienone is 3. The quantitative estimate of drug-likeness (QED) is 0.734. The molecule has 0 radical (unpaired) electrons.